The topological polar surface area (TPSA) is 0 Å². The van der Waals surface area contributed by atoms with Gasteiger partial charge >= 0.3 is 155 Å². The van der Waals surface area contributed by atoms with Gasteiger partial charge < -0.3 is 24.8 Å². The fourth-order valence-corrected chi connectivity index (χ4v) is 5.58. The van der Waals surface area contributed by atoms with Gasteiger partial charge in [0.05, 0.1) is 0 Å². The molecule has 0 bridgehead atoms. The van der Waals surface area contributed by atoms with Gasteiger partial charge in [0.2, 0.25) is 0 Å². The van der Waals surface area contributed by atoms with E-state index in [0.29, 0.717) is 0 Å². The Balaban J connectivity index is 0.00000113. The molecule has 0 nitrogen and oxygen atoms in total. The third kappa shape index (κ3) is 3.25. The Bertz CT molecular complexity index is 863. The SMILES string of the molecule is CCc1c(CC)c2c([c]([Zr+2])c1C1=CC=CC1)Cc1ccccc1-2.[Cl-].[Cl-]. The molecular formula is C22H21Cl2Zr. The Morgan fingerprint density at radius 1 is 0.960 bits per heavy atom. The van der Waals surface area contributed by atoms with Crippen molar-refractivity contribution in [2.24, 2.45) is 0 Å². The van der Waals surface area contributed by atoms with E-state index < -0.39 is 0 Å². The Kier molecular flexibility index (Phi) is 6.94. The standard InChI is InChI=1S/C22H21.2ClH.Zr/c1-3-18-19(4-2)22-17(13-16-11-7-8-12-20(16)22)14-21(18)15-9-5-6-10-15;;;/h5-9,11-12H,3-4,10,13H2,1-2H3;2*1H;/q;;;+2/p-2. The second kappa shape index (κ2) is 8.38. The molecule has 0 unspecified atom stereocenters. The van der Waals surface area contributed by atoms with Crippen molar-refractivity contribution in [3.8, 4) is 11.1 Å². The van der Waals surface area contributed by atoms with Crippen molar-refractivity contribution in [2.45, 2.75) is 39.5 Å². The molecule has 0 N–H and O–H groups in total. The third-order valence-electron chi connectivity index (χ3n) is 5.27. The van der Waals surface area contributed by atoms with Gasteiger partial charge in [0, 0.05) is 0 Å². The van der Waals surface area contributed by atoms with Crippen molar-refractivity contribution in [1.29, 1.82) is 0 Å². The van der Waals surface area contributed by atoms with E-state index in [1.165, 1.54) is 16.7 Å². The summed E-state index contributed by atoms with van der Waals surface area (Å²) >= 11 is 1.56. The summed E-state index contributed by atoms with van der Waals surface area (Å²) in [7, 11) is 0. The summed E-state index contributed by atoms with van der Waals surface area (Å²) in [5.74, 6) is 0. The van der Waals surface area contributed by atoms with Crippen LogP contribution in [0.15, 0.2) is 42.5 Å². The Morgan fingerprint density at radius 3 is 2.28 bits per heavy atom. The van der Waals surface area contributed by atoms with Gasteiger partial charge in [-0.2, -0.15) is 0 Å². The number of hydrogen-bond acceptors (Lipinski definition) is 0. The second-order valence-corrected chi connectivity index (χ2v) is 7.65. The largest absolute Gasteiger partial charge is 1.00 e. The van der Waals surface area contributed by atoms with Gasteiger partial charge in [0.15, 0.2) is 0 Å². The summed E-state index contributed by atoms with van der Waals surface area (Å²) < 4.78 is 1.60. The Hall–Kier alpha value is -0.617. The monoisotopic (exact) mass is 445 g/mol. The number of benzene rings is 2. The van der Waals surface area contributed by atoms with Crippen LogP contribution in [0.4, 0.5) is 0 Å². The molecule has 2 aromatic rings. The molecule has 2 aromatic carbocycles. The number of hydrogen-bond donors (Lipinski definition) is 0. The van der Waals surface area contributed by atoms with Gasteiger partial charge in [-0.25, -0.2) is 0 Å². The first-order valence-corrected chi connectivity index (χ1v) is 9.85. The van der Waals surface area contributed by atoms with Gasteiger partial charge in [-0.3, -0.25) is 0 Å². The summed E-state index contributed by atoms with van der Waals surface area (Å²) in [4.78, 5) is 0. The molecule has 0 aliphatic heterocycles. The predicted molar refractivity (Wildman–Crippen MR) is 94.8 cm³/mol. The quantitative estimate of drug-likeness (QED) is 0.479. The van der Waals surface area contributed by atoms with Crippen LogP contribution in [0.3, 0.4) is 0 Å². The van der Waals surface area contributed by atoms with E-state index in [-0.39, 0.29) is 24.8 Å². The molecule has 4 rings (SSSR count). The van der Waals surface area contributed by atoms with Crippen molar-refractivity contribution in [2.75, 3.05) is 0 Å². The van der Waals surface area contributed by atoms with Gasteiger partial charge in [-0.1, -0.05) is 0 Å². The number of fused-ring (bicyclic) bond motifs is 3. The minimum Gasteiger partial charge on any atom is -1.00 e. The molecule has 0 saturated carbocycles. The van der Waals surface area contributed by atoms with Crippen LogP contribution in [-0.2, 0) is 44.0 Å². The van der Waals surface area contributed by atoms with Crippen molar-refractivity contribution < 1.29 is 49.5 Å². The van der Waals surface area contributed by atoms with Gasteiger partial charge in [-0.05, 0) is 0 Å². The van der Waals surface area contributed by atoms with Gasteiger partial charge in [0.1, 0.15) is 0 Å². The zero-order valence-corrected chi connectivity index (χ0v) is 18.6. The molecule has 2 aliphatic carbocycles. The van der Waals surface area contributed by atoms with E-state index in [9.17, 15) is 0 Å². The van der Waals surface area contributed by atoms with Crippen molar-refractivity contribution in [3.05, 3.63) is 70.3 Å². The Morgan fingerprint density at radius 2 is 1.64 bits per heavy atom. The molecule has 25 heavy (non-hydrogen) atoms. The van der Waals surface area contributed by atoms with Crippen LogP contribution >= 0.6 is 0 Å². The average Bonchev–Trinajstić information content (AvgIpc) is 3.22. The van der Waals surface area contributed by atoms with Crippen molar-refractivity contribution in [3.63, 3.8) is 0 Å². The fraction of sp³-hybridized carbons (Fsp3) is 0.273. The van der Waals surface area contributed by atoms with Crippen molar-refractivity contribution >= 4 is 8.84 Å². The summed E-state index contributed by atoms with van der Waals surface area (Å²) in [6.45, 7) is 4.65. The number of rotatable bonds is 3. The van der Waals surface area contributed by atoms with E-state index in [1.807, 2.05) is 0 Å². The minimum atomic E-state index is 0. The van der Waals surface area contributed by atoms with Crippen LogP contribution < -0.4 is 28.1 Å². The molecule has 0 spiro atoms. The zero-order chi connectivity index (χ0) is 16.0. The van der Waals surface area contributed by atoms with Gasteiger partial charge in [-0.15, -0.1) is 0 Å². The van der Waals surface area contributed by atoms with E-state index in [0.717, 1.165) is 25.7 Å². The molecule has 0 amide bonds. The van der Waals surface area contributed by atoms with Crippen LogP contribution in [0.25, 0.3) is 16.7 Å². The molecular weight excluding hydrogens is 426 g/mol. The predicted octanol–water partition coefficient (Wildman–Crippen LogP) is -1.09. The van der Waals surface area contributed by atoms with E-state index in [2.05, 4.69) is 56.3 Å². The first kappa shape index (κ1) is 20.7. The van der Waals surface area contributed by atoms with Crippen LogP contribution in [0, 0.1) is 0 Å². The summed E-state index contributed by atoms with van der Waals surface area (Å²) in [5.41, 5.74) is 12.5. The zero-order valence-electron chi connectivity index (χ0n) is 14.6. The van der Waals surface area contributed by atoms with E-state index in [4.69, 9.17) is 0 Å². The molecule has 0 atom stereocenters. The summed E-state index contributed by atoms with van der Waals surface area (Å²) in [6.07, 6.45) is 11.3. The summed E-state index contributed by atoms with van der Waals surface area (Å²) in [6, 6.07) is 9.01. The minimum absolute atomic E-state index is 0. The first-order chi connectivity index (χ1) is 11.3. The van der Waals surface area contributed by atoms with E-state index >= 15 is 0 Å². The van der Waals surface area contributed by atoms with Crippen LogP contribution in [0.1, 0.15) is 48.1 Å². The molecule has 0 aromatic heterocycles. The molecule has 0 heterocycles. The molecule has 127 valence electrons. The average molecular weight is 448 g/mol. The number of halogens is 2. The van der Waals surface area contributed by atoms with Gasteiger partial charge in [0.25, 0.3) is 0 Å². The molecule has 0 saturated heterocycles. The van der Waals surface area contributed by atoms with E-state index in [1.54, 1.807) is 55.8 Å². The molecule has 0 fully saturated rings. The maximum atomic E-state index is 2.33. The first-order valence-electron chi connectivity index (χ1n) is 8.62. The van der Waals surface area contributed by atoms with Crippen LogP contribution in [0.2, 0.25) is 0 Å². The molecule has 2 aliphatic rings. The molecule has 3 heteroatoms. The maximum Gasteiger partial charge on any atom is -1.00 e. The number of allylic oxidation sites excluding steroid dienone is 4. The summed E-state index contributed by atoms with van der Waals surface area (Å²) in [5, 5.41) is 0. The van der Waals surface area contributed by atoms with Crippen molar-refractivity contribution in [1.82, 2.24) is 0 Å². The van der Waals surface area contributed by atoms with Crippen LogP contribution in [0.5, 0.6) is 0 Å². The Labute approximate surface area is 178 Å². The van der Waals surface area contributed by atoms with Crippen LogP contribution in [-0.4, -0.2) is 0 Å². The third-order valence-corrected chi connectivity index (χ3v) is 6.63. The smallest absolute Gasteiger partial charge is 1.00 e. The second-order valence-electron chi connectivity index (χ2n) is 6.43. The normalized spacial score (nSPS) is 13.7. The molecule has 0 radical (unpaired) electrons. The fourth-order valence-electron chi connectivity index (χ4n) is 4.29. The maximum absolute atomic E-state index is 2.33.